The molecule has 2 atom stereocenters. The number of hydrogen-bond acceptors (Lipinski definition) is 2. The van der Waals surface area contributed by atoms with E-state index in [-0.39, 0.29) is 0 Å². The molecule has 21 heavy (non-hydrogen) atoms. The molecule has 2 nitrogen and oxygen atoms in total. The first-order chi connectivity index (χ1) is 10.1. The zero-order chi connectivity index (χ0) is 14.8. The van der Waals surface area contributed by atoms with Crippen molar-refractivity contribution in [1.82, 2.24) is 4.90 Å². The minimum Gasteiger partial charge on any atom is -0.380 e. The highest BCUT2D eigenvalue weighted by Crippen LogP contribution is 2.29. The summed E-state index contributed by atoms with van der Waals surface area (Å²) >= 11 is 6.31. The Labute approximate surface area is 131 Å². The molecule has 0 fully saturated rings. The Balaban J connectivity index is 1.65. The van der Waals surface area contributed by atoms with Gasteiger partial charge >= 0.3 is 0 Å². The highest BCUT2D eigenvalue weighted by molar-refractivity contribution is 6.31. The number of nitrogens with zero attached hydrogens (tertiary/aromatic N) is 1. The third kappa shape index (κ3) is 3.07. The Bertz CT molecular complexity index is 601. The number of benzene rings is 2. The maximum Gasteiger partial charge on any atom is 0.0453 e. The van der Waals surface area contributed by atoms with Gasteiger partial charge in [0.2, 0.25) is 0 Å². The normalized spacial score (nSPS) is 18.4. The lowest BCUT2D eigenvalue weighted by Crippen LogP contribution is -2.34. The van der Waals surface area contributed by atoms with Gasteiger partial charge in [-0.1, -0.05) is 48.0 Å². The van der Waals surface area contributed by atoms with Gasteiger partial charge in [-0.2, -0.15) is 0 Å². The van der Waals surface area contributed by atoms with Crippen molar-refractivity contribution in [3.05, 3.63) is 64.7 Å². The summed E-state index contributed by atoms with van der Waals surface area (Å²) in [7, 11) is 2.17. The molecule has 1 heterocycles. The predicted octanol–water partition coefficient (Wildman–Crippen LogP) is 4.37. The molecular weight excluding hydrogens is 280 g/mol. The monoisotopic (exact) mass is 300 g/mol. The summed E-state index contributed by atoms with van der Waals surface area (Å²) in [6.07, 6.45) is 1.09. The standard InChI is InChI=1S/C18H21ClN2/c1-13(16-8-4-5-9-17(16)19)21(2)12-15-11-14-7-3-6-10-18(14)20-15/h3-10,13,15,20H,11-12H2,1-2H3. The van der Waals surface area contributed by atoms with Crippen molar-refractivity contribution in [3.8, 4) is 0 Å². The van der Waals surface area contributed by atoms with Gasteiger partial charge in [-0.3, -0.25) is 4.90 Å². The predicted molar refractivity (Wildman–Crippen MR) is 90.1 cm³/mol. The van der Waals surface area contributed by atoms with E-state index in [0.717, 1.165) is 18.0 Å². The van der Waals surface area contributed by atoms with Gasteiger partial charge in [0, 0.05) is 29.3 Å². The molecule has 0 bridgehead atoms. The van der Waals surface area contributed by atoms with Gasteiger partial charge in [0.15, 0.2) is 0 Å². The Morgan fingerprint density at radius 2 is 1.90 bits per heavy atom. The highest BCUT2D eigenvalue weighted by Gasteiger charge is 2.23. The number of likely N-dealkylation sites (N-methyl/N-ethyl adjacent to an activating group) is 1. The minimum absolute atomic E-state index is 0.309. The van der Waals surface area contributed by atoms with Crippen LogP contribution in [0.4, 0.5) is 5.69 Å². The molecule has 2 unspecified atom stereocenters. The number of rotatable bonds is 4. The van der Waals surface area contributed by atoms with Gasteiger partial charge in [0.25, 0.3) is 0 Å². The zero-order valence-corrected chi connectivity index (χ0v) is 13.3. The summed E-state index contributed by atoms with van der Waals surface area (Å²) in [5, 5.41) is 4.46. The second kappa shape index (κ2) is 6.08. The number of fused-ring (bicyclic) bond motifs is 1. The van der Waals surface area contributed by atoms with E-state index in [1.54, 1.807) is 0 Å². The van der Waals surface area contributed by atoms with Crippen LogP contribution in [0.25, 0.3) is 0 Å². The average Bonchev–Trinajstić information content (AvgIpc) is 2.89. The van der Waals surface area contributed by atoms with Crippen LogP contribution >= 0.6 is 11.6 Å². The lowest BCUT2D eigenvalue weighted by atomic mass is 10.1. The van der Waals surface area contributed by atoms with E-state index in [2.05, 4.69) is 60.6 Å². The van der Waals surface area contributed by atoms with Gasteiger partial charge < -0.3 is 5.32 Å². The first kappa shape index (κ1) is 14.4. The molecule has 0 spiro atoms. The van der Waals surface area contributed by atoms with Crippen LogP contribution < -0.4 is 5.32 Å². The summed E-state index contributed by atoms with van der Waals surface area (Å²) in [6, 6.07) is 17.4. The van der Waals surface area contributed by atoms with E-state index in [4.69, 9.17) is 11.6 Å². The third-order valence-corrected chi connectivity index (χ3v) is 4.71. The molecule has 0 saturated heterocycles. The fraction of sp³-hybridized carbons (Fsp3) is 0.333. The van der Waals surface area contributed by atoms with Crippen LogP contribution in [0.5, 0.6) is 0 Å². The lowest BCUT2D eigenvalue weighted by molar-refractivity contribution is 0.251. The van der Waals surface area contributed by atoms with E-state index in [1.807, 2.05) is 12.1 Å². The summed E-state index contributed by atoms with van der Waals surface area (Å²) < 4.78 is 0. The summed E-state index contributed by atoms with van der Waals surface area (Å²) in [6.45, 7) is 3.21. The quantitative estimate of drug-likeness (QED) is 0.902. The number of nitrogens with one attached hydrogen (secondary N) is 1. The van der Waals surface area contributed by atoms with Crippen LogP contribution in [0.3, 0.4) is 0 Å². The van der Waals surface area contributed by atoms with E-state index in [9.17, 15) is 0 Å². The molecule has 2 aromatic rings. The van der Waals surface area contributed by atoms with Gasteiger partial charge in [-0.15, -0.1) is 0 Å². The molecule has 0 aromatic heterocycles. The molecule has 2 aromatic carbocycles. The molecule has 110 valence electrons. The van der Waals surface area contributed by atoms with Crippen molar-refractivity contribution in [2.24, 2.45) is 0 Å². The summed E-state index contributed by atoms with van der Waals surface area (Å²) in [5.74, 6) is 0. The van der Waals surface area contributed by atoms with Crippen LogP contribution in [0.2, 0.25) is 5.02 Å². The van der Waals surface area contributed by atoms with Crippen molar-refractivity contribution in [3.63, 3.8) is 0 Å². The van der Waals surface area contributed by atoms with E-state index >= 15 is 0 Å². The van der Waals surface area contributed by atoms with Crippen molar-refractivity contribution in [2.75, 3.05) is 18.9 Å². The van der Waals surface area contributed by atoms with Crippen LogP contribution in [-0.4, -0.2) is 24.5 Å². The Morgan fingerprint density at radius 3 is 2.67 bits per heavy atom. The molecule has 1 aliphatic rings. The van der Waals surface area contributed by atoms with Gasteiger partial charge in [-0.05, 0) is 43.7 Å². The number of hydrogen-bond donors (Lipinski definition) is 1. The van der Waals surface area contributed by atoms with E-state index < -0.39 is 0 Å². The molecule has 0 saturated carbocycles. The number of anilines is 1. The fourth-order valence-electron chi connectivity index (χ4n) is 3.04. The first-order valence-electron chi connectivity index (χ1n) is 7.44. The lowest BCUT2D eigenvalue weighted by Gasteiger charge is -2.28. The Kier molecular flexibility index (Phi) is 4.18. The van der Waals surface area contributed by atoms with Gasteiger partial charge in [0.1, 0.15) is 0 Å². The molecular formula is C18H21ClN2. The van der Waals surface area contributed by atoms with E-state index in [0.29, 0.717) is 12.1 Å². The Hall–Kier alpha value is -1.51. The molecule has 1 aliphatic heterocycles. The second-order valence-electron chi connectivity index (χ2n) is 5.84. The van der Waals surface area contributed by atoms with Gasteiger partial charge in [0.05, 0.1) is 0 Å². The van der Waals surface area contributed by atoms with Crippen LogP contribution in [0, 0.1) is 0 Å². The van der Waals surface area contributed by atoms with Crippen molar-refractivity contribution >= 4 is 17.3 Å². The van der Waals surface area contributed by atoms with Crippen molar-refractivity contribution < 1.29 is 0 Å². The maximum absolute atomic E-state index is 6.31. The fourth-order valence-corrected chi connectivity index (χ4v) is 3.34. The Morgan fingerprint density at radius 1 is 1.19 bits per heavy atom. The number of para-hydroxylation sites is 1. The summed E-state index contributed by atoms with van der Waals surface area (Å²) in [4.78, 5) is 2.37. The topological polar surface area (TPSA) is 15.3 Å². The highest BCUT2D eigenvalue weighted by atomic mass is 35.5. The zero-order valence-electron chi connectivity index (χ0n) is 12.5. The second-order valence-corrected chi connectivity index (χ2v) is 6.25. The van der Waals surface area contributed by atoms with Gasteiger partial charge in [-0.25, -0.2) is 0 Å². The largest absolute Gasteiger partial charge is 0.380 e. The molecule has 3 rings (SSSR count). The SMILES string of the molecule is CC(c1ccccc1Cl)N(C)CC1Cc2ccccc2N1. The number of halogens is 1. The molecule has 0 radical (unpaired) electrons. The van der Waals surface area contributed by atoms with Crippen molar-refractivity contribution in [2.45, 2.75) is 25.4 Å². The molecule has 3 heteroatoms. The smallest absolute Gasteiger partial charge is 0.0453 e. The molecule has 0 aliphatic carbocycles. The van der Waals surface area contributed by atoms with E-state index in [1.165, 1.54) is 16.8 Å². The van der Waals surface area contributed by atoms with Crippen molar-refractivity contribution in [1.29, 1.82) is 0 Å². The minimum atomic E-state index is 0.309. The summed E-state index contributed by atoms with van der Waals surface area (Å²) in [5.41, 5.74) is 3.89. The van der Waals surface area contributed by atoms with Crippen LogP contribution in [-0.2, 0) is 6.42 Å². The van der Waals surface area contributed by atoms with Crippen LogP contribution in [0.15, 0.2) is 48.5 Å². The molecule has 0 amide bonds. The maximum atomic E-state index is 6.31. The molecule has 1 N–H and O–H groups in total. The van der Waals surface area contributed by atoms with Crippen LogP contribution in [0.1, 0.15) is 24.1 Å². The third-order valence-electron chi connectivity index (χ3n) is 4.37. The average molecular weight is 301 g/mol. The first-order valence-corrected chi connectivity index (χ1v) is 7.82.